The predicted octanol–water partition coefficient (Wildman–Crippen LogP) is 9.86. The molecule has 1 saturated heterocycles. The number of carbonyl (C=O) groups excluding carboxylic acids is 7. The molecule has 0 aliphatic carbocycles. The van der Waals surface area contributed by atoms with Crippen LogP contribution in [0.2, 0.25) is 0 Å². The largest absolute Gasteiger partial charge is 0.469 e. The highest BCUT2D eigenvalue weighted by Gasteiger charge is 2.48. The maximum atomic E-state index is 13.9. The van der Waals surface area contributed by atoms with Crippen molar-refractivity contribution in [1.29, 1.82) is 0 Å². The Morgan fingerprint density at radius 1 is 0.618 bits per heavy atom. The second kappa shape index (κ2) is 45.5. The first-order valence-electron chi connectivity index (χ1n) is 29.8. The number of hydrogen-bond donors (Lipinski definition) is 6. The van der Waals surface area contributed by atoms with E-state index in [0.29, 0.717) is 12.8 Å². The topological polar surface area (TPSA) is 259 Å². The molecule has 1 fully saturated rings. The third-order valence-corrected chi connectivity index (χ3v) is 15.4. The first-order valence-corrected chi connectivity index (χ1v) is 30.7. The van der Waals surface area contributed by atoms with Crippen LogP contribution in [0.5, 0.6) is 0 Å². The number of aliphatic hydroxyl groups excluding tert-OH is 2. The molecule has 0 radical (unpaired) electrons. The van der Waals surface area contributed by atoms with Gasteiger partial charge in [0.25, 0.3) is 0 Å². The summed E-state index contributed by atoms with van der Waals surface area (Å²) in [5.74, 6) is -3.98. The Balaban J connectivity index is 2.78. The average Bonchev–Trinajstić information content (AvgIpc) is 3.38. The summed E-state index contributed by atoms with van der Waals surface area (Å²) >= 11 is 0.726. The van der Waals surface area contributed by atoms with Crippen LogP contribution in [0.4, 0.5) is 0 Å². The van der Waals surface area contributed by atoms with E-state index < -0.39 is 95.4 Å². The van der Waals surface area contributed by atoms with Crippen molar-refractivity contribution in [2.75, 3.05) is 13.7 Å². The number of unbranched alkanes of at least 4 members (excludes halogenated alkanes) is 28. The van der Waals surface area contributed by atoms with E-state index >= 15 is 0 Å². The van der Waals surface area contributed by atoms with Crippen LogP contribution in [-0.4, -0.2) is 119 Å². The SMILES string of the molecule is CCCCCCCCCCCCCCCCCCCCCCCC(=O)O[C@H](CCCCCCCCCCC)CC(=O)S[C@@H]1O[C@H](CO)[C@@H](O)[C@@H](OC(C)C(=O)N[C@@H](C)C(=O)N[C@H](CCC(=O)OC)C(N)=O)[C@H]1NC(C)=O. The molecule has 1 rings (SSSR count). The van der Waals surface area contributed by atoms with Crippen molar-refractivity contribution in [3.05, 3.63) is 0 Å². The number of primary amides is 1. The highest BCUT2D eigenvalue weighted by atomic mass is 32.2. The summed E-state index contributed by atoms with van der Waals surface area (Å²) in [5, 5.41) is 28.7. The summed E-state index contributed by atoms with van der Waals surface area (Å²) in [5.41, 5.74) is 4.21. The van der Waals surface area contributed by atoms with Crippen LogP contribution in [0, 0.1) is 0 Å². The van der Waals surface area contributed by atoms with Crippen molar-refractivity contribution in [3.63, 3.8) is 0 Å². The molecule has 1 unspecified atom stereocenters. The number of nitrogens with one attached hydrogen (secondary N) is 3. The van der Waals surface area contributed by atoms with Gasteiger partial charge in [0.15, 0.2) is 5.12 Å². The van der Waals surface area contributed by atoms with Crippen LogP contribution in [-0.2, 0) is 52.5 Å². The maximum Gasteiger partial charge on any atom is 0.306 e. The molecule has 0 saturated carbocycles. The lowest BCUT2D eigenvalue weighted by atomic mass is 9.97. The van der Waals surface area contributed by atoms with Crippen LogP contribution < -0.4 is 21.7 Å². The van der Waals surface area contributed by atoms with Crippen molar-refractivity contribution < 1.29 is 62.7 Å². The van der Waals surface area contributed by atoms with E-state index in [0.717, 1.165) is 56.7 Å². The van der Waals surface area contributed by atoms with Crippen LogP contribution >= 0.6 is 11.8 Å². The Labute approximate surface area is 462 Å². The van der Waals surface area contributed by atoms with Crippen molar-refractivity contribution in [1.82, 2.24) is 16.0 Å². The van der Waals surface area contributed by atoms with Gasteiger partial charge >= 0.3 is 11.9 Å². The van der Waals surface area contributed by atoms with Crippen molar-refractivity contribution in [3.8, 4) is 0 Å². The molecule has 4 amide bonds. The molecule has 1 aliphatic heterocycles. The normalized spacial score (nSPS) is 19.0. The van der Waals surface area contributed by atoms with Gasteiger partial charge in [-0.2, -0.15) is 0 Å². The van der Waals surface area contributed by atoms with E-state index in [1.165, 1.54) is 169 Å². The van der Waals surface area contributed by atoms with Gasteiger partial charge in [-0.15, -0.1) is 0 Å². The Morgan fingerprint density at radius 2 is 1.08 bits per heavy atom. The number of aliphatic hydroxyl groups is 2. The molecule has 7 N–H and O–H groups in total. The third-order valence-electron chi connectivity index (χ3n) is 14.3. The molecule has 76 heavy (non-hydrogen) atoms. The fourth-order valence-corrected chi connectivity index (χ4v) is 10.7. The predicted molar refractivity (Wildman–Crippen MR) is 300 cm³/mol. The molecule has 1 aliphatic rings. The summed E-state index contributed by atoms with van der Waals surface area (Å²) in [6.45, 7) is 7.72. The second-order valence-electron chi connectivity index (χ2n) is 21.2. The van der Waals surface area contributed by atoms with E-state index in [9.17, 15) is 43.8 Å². The van der Waals surface area contributed by atoms with E-state index in [1.54, 1.807) is 0 Å². The smallest absolute Gasteiger partial charge is 0.306 e. The lowest BCUT2D eigenvalue weighted by molar-refractivity contribution is -0.200. The first-order chi connectivity index (χ1) is 36.6. The van der Waals surface area contributed by atoms with Gasteiger partial charge in [-0.3, -0.25) is 33.6 Å². The highest BCUT2D eigenvalue weighted by Crippen LogP contribution is 2.33. The van der Waals surface area contributed by atoms with Gasteiger partial charge in [0.1, 0.15) is 48.0 Å². The van der Waals surface area contributed by atoms with Crippen LogP contribution in [0.3, 0.4) is 0 Å². The van der Waals surface area contributed by atoms with Gasteiger partial charge in [-0.1, -0.05) is 205 Å². The molecule has 17 nitrogen and oxygen atoms in total. The number of hydrogen-bond acceptors (Lipinski definition) is 14. The van der Waals surface area contributed by atoms with Gasteiger partial charge in [0, 0.05) is 19.8 Å². The number of nitrogens with two attached hydrogens (primary N) is 1. The van der Waals surface area contributed by atoms with E-state index in [4.69, 9.17) is 19.9 Å². The Hall–Kier alpha value is -3.32. The Morgan fingerprint density at radius 3 is 1.51 bits per heavy atom. The number of esters is 2. The van der Waals surface area contributed by atoms with Gasteiger partial charge in [-0.25, -0.2) is 0 Å². The highest BCUT2D eigenvalue weighted by molar-refractivity contribution is 8.14. The molecule has 0 aromatic carbocycles. The number of thioether (sulfide) groups is 1. The van der Waals surface area contributed by atoms with Crippen molar-refractivity contribution in [2.45, 2.75) is 313 Å². The molecule has 442 valence electrons. The zero-order valence-electron chi connectivity index (χ0n) is 48.0. The van der Waals surface area contributed by atoms with E-state index in [2.05, 4.69) is 34.5 Å². The second-order valence-corrected chi connectivity index (χ2v) is 22.4. The molecule has 0 aromatic heterocycles. The van der Waals surface area contributed by atoms with E-state index in [-0.39, 0.29) is 31.7 Å². The Bertz CT molecular complexity index is 1590. The fraction of sp³-hybridized carbons (Fsp3) is 0.879. The van der Waals surface area contributed by atoms with Gasteiger partial charge in [-0.05, 0) is 39.5 Å². The lowest BCUT2D eigenvalue weighted by Gasteiger charge is -2.44. The minimum Gasteiger partial charge on any atom is -0.469 e. The number of methoxy groups -OCH3 is 1. The molecule has 18 heteroatoms. The standard InChI is InChI=1S/C58H106N4O13S/c1-7-9-11-13-15-17-18-19-20-21-22-23-24-25-26-27-28-30-32-34-36-38-50(66)74-46(37-35-33-31-29-16-14-12-10-8-2)41-51(67)76-58-52(61-45(5)64)54(53(68)48(42-63)75-58)73-44(4)57(71)60-43(3)56(70)62-47(55(59)69)39-40-49(65)72-6/h43-44,46-48,52-54,58,63,68H,7-42H2,1-6H3,(H2,59,69)(H,60,71)(H,61,64)(H,62,70)/t43-,44?,46+,47+,48+,52+,53+,54-,58-/m0/s1. The quantitative estimate of drug-likeness (QED) is 0.0245. The van der Waals surface area contributed by atoms with Crippen LogP contribution in [0.25, 0.3) is 0 Å². The minimum absolute atomic E-state index is 0.126. The van der Waals surface area contributed by atoms with Crippen LogP contribution in [0.1, 0.15) is 259 Å². The van der Waals surface area contributed by atoms with Crippen LogP contribution in [0.15, 0.2) is 0 Å². The molecule has 0 spiro atoms. The number of ether oxygens (including phenoxy) is 4. The number of amides is 4. The van der Waals surface area contributed by atoms with Gasteiger partial charge in [0.2, 0.25) is 23.6 Å². The molecule has 0 aromatic rings. The summed E-state index contributed by atoms with van der Waals surface area (Å²) in [7, 11) is 1.18. The first kappa shape index (κ1) is 70.7. The molecule has 9 atom stereocenters. The van der Waals surface area contributed by atoms with Gasteiger partial charge < -0.3 is 50.8 Å². The van der Waals surface area contributed by atoms with Crippen molar-refractivity contribution >= 4 is 52.4 Å². The third kappa shape index (κ3) is 34.5. The molecular formula is C58H106N4O13S. The lowest BCUT2D eigenvalue weighted by Crippen LogP contribution is -2.65. The number of rotatable bonds is 48. The Kier molecular flexibility index (Phi) is 42.4. The van der Waals surface area contributed by atoms with Crippen molar-refractivity contribution in [2.24, 2.45) is 5.73 Å². The monoisotopic (exact) mass is 1100 g/mol. The number of carbonyl (C=O) groups is 7. The zero-order chi connectivity index (χ0) is 56.4. The summed E-state index contributed by atoms with van der Waals surface area (Å²) in [6, 6.07) is -3.63. The molecule has 0 bridgehead atoms. The summed E-state index contributed by atoms with van der Waals surface area (Å²) in [4.78, 5) is 89.6. The molecular weight excluding hydrogens is 993 g/mol. The average molecular weight is 1100 g/mol. The zero-order valence-corrected chi connectivity index (χ0v) is 48.8. The van der Waals surface area contributed by atoms with E-state index in [1.807, 2.05) is 0 Å². The summed E-state index contributed by atoms with van der Waals surface area (Å²) in [6.07, 6.45) is 30.8. The fourth-order valence-electron chi connectivity index (χ4n) is 9.55. The molecule has 1 heterocycles. The minimum atomic E-state index is -1.57. The summed E-state index contributed by atoms with van der Waals surface area (Å²) < 4.78 is 22.6. The van der Waals surface area contributed by atoms with Gasteiger partial charge in [0.05, 0.1) is 26.2 Å². The maximum absolute atomic E-state index is 13.9.